The number of nitrogens with zero attached hydrogens (tertiary/aromatic N) is 4. The van der Waals surface area contributed by atoms with Gasteiger partial charge in [-0.3, -0.25) is 14.9 Å². The quantitative estimate of drug-likeness (QED) is 0.673. The third kappa shape index (κ3) is 3.47. The number of hydrogen-bond acceptors (Lipinski definition) is 6. The van der Waals surface area contributed by atoms with Crippen LogP contribution in [0.15, 0.2) is 31.6 Å². The Hall–Kier alpha value is -3.07. The van der Waals surface area contributed by atoms with E-state index in [9.17, 15) is 14.7 Å². The first-order valence-corrected chi connectivity index (χ1v) is 8.28. The fourth-order valence-corrected chi connectivity index (χ4v) is 3.12. The summed E-state index contributed by atoms with van der Waals surface area (Å²) in [6.45, 7) is 6.97. The summed E-state index contributed by atoms with van der Waals surface area (Å²) < 4.78 is 1.90. The van der Waals surface area contributed by atoms with Crippen LogP contribution in [0.3, 0.4) is 0 Å². The molecule has 0 bridgehead atoms. The van der Waals surface area contributed by atoms with Gasteiger partial charge >= 0.3 is 0 Å². The third-order valence-electron chi connectivity index (χ3n) is 4.43. The lowest BCUT2D eigenvalue weighted by molar-refractivity contribution is -0.112. The fraction of sp³-hybridized carbons (Fsp3) is 0.353. The molecule has 2 heterocycles. The average Bonchev–Trinajstić information content (AvgIpc) is 3.27. The number of aliphatic hydroxyl groups is 1. The first kappa shape index (κ1) is 17.7. The highest BCUT2D eigenvalue weighted by Crippen LogP contribution is 2.36. The highest BCUT2D eigenvalue weighted by Gasteiger charge is 2.27. The maximum Gasteiger partial charge on any atom is 0.250 e. The molecule has 2 atom stereocenters. The normalized spacial score (nSPS) is 19.3. The van der Waals surface area contributed by atoms with E-state index in [0.29, 0.717) is 11.2 Å². The summed E-state index contributed by atoms with van der Waals surface area (Å²) in [6, 6.07) is 0.137. The van der Waals surface area contributed by atoms with Gasteiger partial charge in [-0.05, 0) is 37.3 Å². The van der Waals surface area contributed by atoms with Crippen LogP contribution in [0, 0.1) is 5.92 Å². The van der Waals surface area contributed by atoms with E-state index in [4.69, 9.17) is 0 Å². The molecule has 1 saturated carbocycles. The summed E-state index contributed by atoms with van der Waals surface area (Å²) in [5.41, 5.74) is 0.923. The zero-order chi connectivity index (χ0) is 18.7. The minimum Gasteiger partial charge on any atom is -0.396 e. The standard InChI is InChI=1S/C17H20N6O3/c1-3-12(25)19-15-14-16(22-17(21-15)20-13(26)4-2)23(9-18-14)11-6-5-10(7-11)8-24/h3-4,9-11,24H,1-2,5-8H2,(H2,19,20,21,22,25,26)/t10-,11+/m1/s1. The van der Waals surface area contributed by atoms with Gasteiger partial charge in [-0.1, -0.05) is 13.2 Å². The average molecular weight is 356 g/mol. The molecule has 26 heavy (non-hydrogen) atoms. The van der Waals surface area contributed by atoms with E-state index in [1.165, 1.54) is 0 Å². The predicted molar refractivity (Wildman–Crippen MR) is 96.4 cm³/mol. The van der Waals surface area contributed by atoms with E-state index < -0.39 is 11.8 Å². The van der Waals surface area contributed by atoms with Gasteiger partial charge in [0.25, 0.3) is 0 Å². The molecule has 3 N–H and O–H groups in total. The lowest BCUT2D eigenvalue weighted by Crippen LogP contribution is -2.15. The molecule has 136 valence electrons. The summed E-state index contributed by atoms with van der Waals surface area (Å²) in [4.78, 5) is 36.2. The molecular weight excluding hydrogens is 336 g/mol. The van der Waals surface area contributed by atoms with E-state index in [0.717, 1.165) is 31.4 Å². The van der Waals surface area contributed by atoms with Crippen LogP contribution in [0.5, 0.6) is 0 Å². The molecule has 0 aliphatic heterocycles. The van der Waals surface area contributed by atoms with Crippen LogP contribution in [0.4, 0.5) is 11.8 Å². The summed E-state index contributed by atoms with van der Waals surface area (Å²) in [7, 11) is 0. The lowest BCUT2D eigenvalue weighted by atomic mass is 10.1. The minimum atomic E-state index is -0.461. The number of imidazole rings is 1. The number of aromatic nitrogens is 4. The molecule has 0 radical (unpaired) electrons. The Kier molecular flexibility index (Phi) is 5.08. The van der Waals surface area contributed by atoms with Crippen LogP contribution in [0.2, 0.25) is 0 Å². The van der Waals surface area contributed by atoms with Crippen LogP contribution in [0.25, 0.3) is 11.2 Å². The first-order chi connectivity index (χ1) is 12.5. The van der Waals surface area contributed by atoms with Crippen molar-refractivity contribution >= 4 is 34.7 Å². The number of amides is 2. The van der Waals surface area contributed by atoms with Crippen molar-refractivity contribution in [2.75, 3.05) is 17.2 Å². The van der Waals surface area contributed by atoms with E-state index in [-0.39, 0.29) is 30.3 Å². The molecule has 9 heteroatoms. The largest absolute Gasteiger partial charge is 0.396 e. The molecule has 3 rings (SSSR count). The van der Waals surface area contributed by atoms with Crippen LogP contribution in [-0.4, -0.2) is 43.0 Å². The second-order valence-corrected chi connectivity index (χ2v) is 6.12. The van der Waals surface area contributed by atoms with Crippen molar-refractivity contribution < 1.29 is 14.7 Å². The molecule has 0 spiro atoms. The summed E-state index contributed by atoms with van der Waals surface area (Å²) in [5, 5.41) is 14.5. The maximum absolute atomic E-state index is 11.7. The second kappa shape index (κ2) is 7.44. The lowest BCUT2D eigenvalue weighted by Gasteiger charge is -2.13. The van der Waals surface area contributed by atoms with Crippen molar-refractivity contribution in [2.24, 2.45) is 5.92 Å². The number of hydrogen-bond donors (Lipinski definition) is 3. The zero-order valence-corrected chi connectivity index (χ0v) is 14.2. The van der Waals surface area contributed by atoms with Crippen molar-refractivity contribution in [3.05, 3.63) is 31.6 Å². The number of nitrogens with one attached hydrogen (secondary N) is 2. The minimum absolute atomic E-state index is 0.0419. The monoisotopic (exact) mass is 356 g/mol. The van der Waals surface area contributed by atoms with Crippen molar-refractivity contribution in [1.82, 2.24) is 19.5 Å². The van der Waals surface area contributed by atoms with E-state index in [1.807, 2.05) is 4.57 Å². The maximum atomic E-state index is 11.7. The molecule has 2 aromatic heterocycles. The Morgan fingerprint density at radius 3 is 2.62 bits per heavy atom. The van der Waals surface area contributed by atoms with E-state index in [2.05, 4.69) is 38.7 Å². The van der Waals surface area contributed by atoms with Gasteiger partial charge in [0.15, 0.2) is 17.0 Å². The highest BCUT2D eigenvalue weighted by molar-refractivity contribution is 6.03. The van der Waals surface area contributed by atoms with Crippen molar-refractivity contribution in [3.8, 4) is 0 Å². The van der Waals surface area contributed by atoms with Gasteiger partial charge in [-0.25, -0.2) is 4.98 Å². The molecule has 2 aromatic rings. The van der Waals surface area contributed by atoms with Gasteiger partial charge in [-0.15, -0.1) is 0 Å². The fourth-order valence-electron chi connectivity index (χ4n) is 3.12. The van der Waals surface area contributed by atoms with Gasteiger partial charge in [0.2, 0.25) is 17.8 Å². The Bertz CT molecular complexity index is 875. The number of carbonyl (C=O) groups is 2. The topological polar surface area (TPSA) is 122 Å². The molecule has 1 fully saturated rings. The predicted octanol–water partition coefficient (Wildman–Crippen LogP) is 1.41. The Balaban J connectivity index is 2.04. The summed E-state index contributed by atoms with van der Waals surface area (Å²) in [6.07, 6.45) is 6.50. The summed E-state index contributed by atoms with van der Waals surface area (Å²) in [5.74, 6) is -0.423. The van der Waals surface area contributed by atoms with Gasteiger partial charge in [0, 0.05) is 12.6 Å². The molecule has 1 aliphatic carbocycles. The summed E-state index contributed by atoms with van der Waals surface area (Å²) >= 11 is 0. The number of fused-ring (bicyclic) bond motifs is 1. The van der Waals surface area contributed by atoms with Crippen molar-refractivity contribution in [1.29, 1.82) is 0 Å². The Morgan fingerprint density at radius 2 is 1.96 bits per heavy atom. The molecule has 0 unspecified atom stereocenters. The van der Waals surface area contributed by atoms with Gasteiger partial charge in [-0.2, -0.15) is 9.97 Å². The van der Waals surface area contributed by atoms with Gasteiger partial charge in [0.1, 0.15) is 0 Å². The van der Waals surface area contributed by atoms with Crippen LogP contribution >= 0.6 is 0 Å². The molecule has 2 amide bonds. The highest BCUT2D eigenvalue weighted by atomic mass is 16.3. The first-order valence-electron chi connectivity index (χ1n) is 8.28. The van der Waals surface area contributed by atoms with Gasteiger partial charge < -0.3 is 15.0 Å². The molecule has 0 aromatic carbocycles. The van der Waals surface area contributed by atoms with Crippen molar-refractivity contribution in [3.63, 3.8) is 0 Å². The molecule has 1 aliphatic rings. The molecular formula is C17H20N6O3. The van der Waals surface area contributed by atoms with Crippen molar-refractivity contribution in [2.45, 2.75) is 25.3 Å². The Labute approximate surface area is 149 Å². The van der Waals surface area contributed by atoms with E-state index in [1.54, 1.807) is 6.33 Å². The Morgan fingerprint density at radius 1 is 1.23 bits per heavy atom. The molecule has 0 saturated heterocycles. The van der Waals surface area contributed by atoms with Crippen LogP contribution in [0.1, 0.15) is 25.3 Å². The molecule has 9 nitrogen and oxygen atoms in total. The van der Waals surface area contributed by atoms with Crippen LogP contribution in [-0.2, 0) is 9.59 Å². The smallest absolute Gasteiger partial charge is 0.250 e. The number of aliphatic hydroxyl groups excluding tert-OH is 1. The number of rotatable bonds is 6. The van der Waals surface area contributed by atoms with E-state index >= 15 is 0 Å². The number of carbonyl (C=O) groups excluding carboxylic acids is 2. The number of anilines is 2. The van der Waals surface area contributed by atoms with Gasteiger partial charge in [0.05, 0.1) is 6.33 Å². The zero-order valence-electron chi connectivity index (χ0n) is 14.2. The SMILES string of the molecule is C=CC(=O)Nc1nc(NC(=O)C=C)c2ncn([C@H]3CC[C@@H](CO)C3)c2n1. The van der Waals surface area contributed by atoms with Crippen LogP contribution < -0.4 is 10.6 Å². The third-order valence-corrected chi connectivity index (χ3v) is 4.43. The second-order valence-electron chi connectivity index (χ2n) is 6.12.